The van der Waals surface area contributed by atoms with Crippen molar-refractivity contribution in [2.75, 3.05) is 6.54 Å². The Morgan fingerprint density at radius 3 is 2.71 bits per heavy atom. The number of ether oxygens (including phenoxy) is 1. The van der Waals surface area contributed by atoms with E-state index in [1.807, 2.05) is 11.3 Å². The second-order valence-corrected chi connectivity index (χ2v) is 6.29. The highest BCUT2D eigenvalue weighted by Gasteiger charge is 2.31. The normalized spacial score (nSPS) is 26.4. The third kappa shape index (κ3) is 2.90. The van der Waals surface area contributed by atoms with Crippen molar-refractivity contribution in [1.82, 2.24) is 5.32 Å². The zero-order valence-electron chi connectivity index (χ0n) is 11.2. The van der Waals surface area contributed by atoms with E-state index in [2.05, 4.69) is 39.1 Å². The molecule has 2 nitrogen and oxygen atoms in total. The van der Waals surface area contributed by atoms with Crippen LogP contribution in [-0.4, -0.2) is 18.8 Å². The molecule has 96 valence electrons. The number of nitrogens with one attached hydrogen (secondary N) is 1. The summed E-state index contributed by atoms with van der Waals surface area (Å²) < 4.78 is 6.04. The molecule has 0 radical (unpaired) electrons. The highest BCUT2D eigenvalue weighted by atomic mass is 32.1. The maximum atomic E-state index is 6.04. The van der Waals surface area contributed by atoms with Gasteiger partial charge in [-0.05, 0) is 51.8 Å². The van der Waals surface area contributed by atoms with Gasteiger partial charge >= 0.3 is 0 Å². The lowest BCUT2D eigenvalue weighted by atomic mass is 10.0. The predicted molar refractivity (Wildman–Crippen MR) is 73.8 cm³/mol. The van der Waals surface area contributed by atoms with Crippen LogP contribution in [0.3, 0.4) is 0 Å². The number of hydrogen-bond donors (Lipinski definition) is 1. The molecule has 3 atom stereocenters. The second kappa shape index (κ2) is 5.51. The third-order valence-corrected chi connectivity index (χ3v) is 4.66. The first-order valence-electron chi connectivity index (χ1n) is 6.57. The van der Waals surface area contributed by atoms with Crippen LogP contribution in [0.5, 0.6) is 0 Å². The fourth-order valence-corrected chi connectivity index (χ4v) is 3.82. The molecule has 3 unspecified atom stereocenters. The maximum Gasteiger partial charge on any atom is 0.0782 e. The molecule has 1 aromatic heterocycles. The molecule has 1 saturated heterocycles. The van der Waals surface area contributed by atoms with Crippen LogP contribution < -0.4 is 5.32 Å². The first-order chi connectivity index (χ1) is 8.11. The van der Waals surface area contributed by atoms with E-state index in [1.54, 1.807) is 0 Å². The molecule has 0 aliphatic carbocycles. The van der Waals surface area contributed by atoms with Crippen molar-refractivity contribution < 1.29 is 4.74 Å². The highest BCUT2D eigenvalue weighted by molar-refractivity contribution is 7.12. The molecule has 0 amide bonds. The molecule has 3 heteroatoms. The molecular weight excluding hydrogens is 230 g/mol. The topological polar surface area (TPSA) is 21.3 Å². The number of rotatable bonds is 4. The van der Waals surface area contributed by atoms with Gasteiger partial charge in [-0.15, -0.1) is 11.3 Å². The number of likely N-dealkylation sites (N-methyl/N-ethyl adjacent to an activating group) is 1. The quantitative estimate of drug-likeness (QED) is 0.885. The van der Waals surface area contributed by atoms with Crippen LogP contribution in [0.4, 0.5) is 0 Å². The van der Waals surface area contributed by atoms with E-state index in [1.165, 1.54) is 28.2 Å². The predicted octanol–water partition coefficient (Wildman–Crippen LogP) is 3.58. The Hall–Kier alpha value is -0.380. The average Bonchev–Trinajstić information content (AvgIpc) is 2.82. The molecule has 1 aliphatic heterocycles. The van der Waals surface area contributed by atoms with Crippen LogP contribution >= 0.6 is 11.3 Å². The molecule has 1 aromatic rings. The van der Waals surface area contributed by atoms with Crippen molar-refractivity contribution in [3.63, 3.8) is 0 Å². The SMILES string of the molecule is CCNC(c1sc(C)cc1C)C1CCC(C)O1. The van der Waals surface area contributed by atoms with Crippen molar-refractivity contribution >= 4 is 11.3 Å². The van der Waals surface area contributed by atoms with Gasteiger partial charge in [0, 0.05) is 9.75 Å². The van der Waals surface area contributed by atoms with Gasteiger partial charge in [0.25, 0.3) is 0 Å². The smallest absolute Gasteiger partial charge is 0.0782 e. The Morgan fingerprint density at radius 1 is 1.47 bits per heavy atom. The lowest BCUT2D eigenvalue weighted by molar-refractivity contribution is 0.0326. The molecule has 1 aliphatic rings. The number of thiophene rings is 1. The Bertz CT molecular complexity index is 374. The van der Waals surface area contributed by atoms with E-state index in [-0.39, 0.29) is 0 Å². The minimum absolute atomic E-state index is 0.349. The Labute approximate surface area is 108 Å². The zero-order chi connectivity index (χ0) is 12.4. The van der Waals surface area contributed by atoms with Gasteiger partial charge in [-0.25, -0.2) is 0 Å². The summed E-state index contributed by atoms with van der Waals surface area (Å²) in [6.45, 7) is 9.73. The van der Waals surface area contributed by atoms with Gasteiger partial charge in [0.15, 0.2) is 0 Å². The summed E-state index contributed by atoms with van der Waals surface area (Å²) in [7, 11) is 0. The molecule has 0 spiro atoms. The Balaban J connectivity index is 2.19. The first kappa shape index (κ1) is 13.1. The number of hydrogen-bond acceptors (Lipinski definition) is 3. The van der Waals surface area contributed by atoms with Gasteiger partial charge in [-0.1, -0.05) is 6.92 Å². The van der Waals surface area contributed by atoms with Crippen molar-refractivity contribution in [3.8, 4) is 0 Å². The van der Waals surface area contributed by atoms with Crippen LogP contribution in [0.1, 0.15) is 48.0 Å². The van der Waals surface area contributed by atoms with Crippen LogP contribution in [0.2, 0.25) is 0 Å². The zero-order valence-corrected chi connectivity index (χ0v) is 12.1. The highest BCUT2D eigenvalue weighted by Crippen LogP contribution is 2.35. The van der Waals surface area contributed by atoms with Gasteiger partial charge in [-0.2, -0.15) is 0 Å². The van der Waals surface area contributed by atoms with E-state index in [0.29, 0.717) is 18.2 Å². The third-order valence-electron chi connectivity index (χ3n) is 3.42. The van der Waals surface area contributed by atoms with E-state index in [4.69, 9.17) is 4.74 Å². The van der Waals surface area contributed by atoms with E-state index >= 15 is 0 Å². The van der Waals surface area contributed by atoms with Crippen molar-refractivity contribution in [2.24, 2.45) is 0 Å². The van der Waals surface area contributed by atoms with E-state index in [9.17, 15) is 0 Å². The minimum Gasteiger partial charge on any atom is -0.373 e. The van der Waals surface area contributed by atoms with Crippen LogP contribution in [0, 0.1) is 13.8 Å². The van der Waals surface area contributed by atoms with Gasteiger partial charge in [0.2, 0.25) is 0 Å². The maximum absolute atomic E-state index is 6.04. The number of aryl methyl sites for hydroxylation is 2. The summed E-state index contributed by atoms with van der Waals surface area (Å²) in [6, 6.07) is 2.66. The van der Waals surface area contributed by atoms with Gasteiger partial charge in [0.1, 0.15) is 0 Å². The monoisotopic (exact) mass is 253 g/mol. The Morgan fingerprint density at radius 2 is 2.24 bits per heavy atom. The lowest BCUT2D eigenvalue weighted by Crippen LogP contribution is -2.31. The van der Waals surface area contributed by atoms with Gasteiger partial charge < -0.3 is 10.1 Å². The molecule has 1 fully saturated rings. The Kier molecular flexibility index (Phi) is 4.23. The molecule has 0 aromatic carbocycles. The van der Waals surface area contributed by atoms with E-state index in [0.717, 1.165) is 6.54 Å². The average molecular weight is 253 g/mol. The standard InChI is InChI=1S/C14H23NOS/c1-5-15-13(12-7-6-10(3)16-12)14-9(2)8-11(4)17-14/h8,10,12-13,15H,5-7H2,1-4H3. The summed E-state index contributed by atoms with van der Waals surface area (Å²) in [5, 5.41) is 3.60. The summed E-state index contributed by atoms with van der Waals surface area (Å²) in [4.78, 5) is 2.86. The molecule has 2 heterocycles. The largest absolute Gasteiger partial charge is 0.373 e. The lowest BCUT2D eigenvalue weighted by Gasteiger charge is -2.24. The van der Waals surface area contributed by atoms with E-state index < -0.39 is 0 Å². The van der Waals surface area contributed by atoms with Crippen molar-refractivity contribution in [1.29, 1.82) is 0 Å². The van der Waals surface area contributed by atoms with Gasteiger partial charge in [-0.3, -0.25) is 0 Å². The molecule has 2 rings (SSSR count). The first-order valence-corrected chi connectivity index (χ1v) is 7.39. The van der Waals surface area contributed by atoms with Crippen LogP contribution in [-0.2, 0) is 4.74 Å². The molecule has 1 N–H and O–H groups in total. The van der Waals surface area contributed by atoms with Crippen molar-refractivity contribution in [2.45, 2.75) is 58.8 Å². The molecular formula is C14H23NOS. The fourth-order valence-electron chi connectivity index (χ4n) is 2.66. The summed E-state index contributed by atoms with van der Waals surface area (Å²) >= 11 is 1.91. The summed E-state index contributed by atoms with van der Waals surface area (Å²) in [6.07, 6.45) is 3.13. The molecule has 0 bridgehead atoms. The molecule has 17 heavy (non-hydrogen) atoms. The fraction of sp³-hybridized carbons (Fsp3) is 0.714. The van der Waals surface area contributed by atoms with Crippen LogP contribution in [0.15, 0.2) is 6.07 Å². The second-order valence-electron chi connectivity index (χ2n) is 5.00. The summed E-state index contributed by atoms with van der Waals surface area (Å²) in [5.41, 5.74) is 1.40. The van der Waals surface area contributed by atoms with Crippen LogP contribution in [0.25, 0.3) is 0 Å². The molecule has 0 saturated carbocycles. The van der Waals surface area contributed by atoms with Gasteiger partial charge in [0.05, 0.1) is 18.2 Å². The van der Waals surface area contributed by atoms with Crippen molar-refractivity contribution in [3.05, 3.63) is 21.4 Å². The summed E-state index contributed by atoms with van der Waals surface area (Å²) in [5.74, 6) is 0. The minimum atomic E-state index is 0.349.